The Bertz CT molecular complexity index is 658. The molecule has 1 unspecified atom stereocenters. The van der Waals surface area contributed by atoms with E-state index in [2.05, 4.69) is 0 Å². The second-order valence-electron chi connectivity index (χ2n) is 4.78. The number of benzene rings is 2. The molecule has 0 aromatic heterocycles. The number of fused-ring (bicyclic) bond motifs is 1. The summed E-state index contributed by atoms with van der Waals surface area (Å²) in [7, 11) is -1.12. The van der Waals surface area contributed by atoms with Crippen LogP contribution in [0.3, 0.4) is 0 Å². The zero-order chi connectivity index (χ0) is 14.8. The molecule has 5 nitrogen and oxygen atoms in total. The number of hydrogen-bond acceptors (Lipinski definition) is 4. The van der Waals surface area contributed by atoms with E-state index in [9.17, 15) is 9.82 Å². The number of aliphatic carboxylic acids is 1. The third-order valence-electron chi connectivity index (χ3n) is 3.30. The molecule has 1 aliphatic heterocycles. The minimum absolute atomic E-state index is 0.178. The van der Waals surface area contributed by atoms with Crippen molar-refractivity contribution >= 4 is 18.6 Å². The monoisotopic (exact) mass is 284 g/mol. The van der Waals surface area contributed by atoms with E-state index in [0.29, 0.717) is 22.5 Å². The smallest absolute Gasteiger partial charge is 0.481 e. The molecule has 0 saturated heterocycles. The predicted molar refractivity (Wildman–Crippen MR) is 76.6 cm³/mol. The quantitative estimate of drug-likeness (QED) is 0.836. The highest BCUT2D eigenvalue weighted by atomic mass is 16.5. The fourth-order valence-corrected chi connectivity index (χ4v) is 2.37. The van der Waals surface area contributed by atoms with E-state index < -0.39 is 19.2 Å². The maximum atomic E-state index is 10.8. The molecule has 1 heterocycles. The van der Waals surface area contributed by atoms with Gasteiger partial charge in [0.15, 0.2) is 0 Å². The van der Waals surface area contributed by atoms with Crippen molar-refractivity contribution in [3.8, 4) is 11.5 Å². The average Bonchev–Trinajstić information content (AvgIpc) is 2.75. The van der Waals surface area contributed by atoms with Gasteiger partial charge in [-0.05, 0) is 35.3 Å². The van der Waals surface area contributed by atoms with Gasteiger partial charge in [-0.15, -0.1) is 0 Å². The summed E-state index contributed by atoms with van der Waals surface area (Å²) >= 11 is 0. The number of carboxylic acids is 1. The summed E-state index contributed by atoms with van der Waals surface area (Å²) in [5.41, 5.74) is 1.24. The van der Waals surface area contributed by atoms with Crippen LogP contribution in [0, 0.1) is 0 Å². The van der Waals surface area contributed by atoms with Crippen LogP contribution in [-0.2, 0) is 9.45 Å². The summed E-state index contributed by atoms with van der Waals surface area (Å²) in [4.78, 5) is 10.8. The molecule has 1 aliphatic rings. The van der Waals surface area contributed by atoms with Crippen molar-refractivity contribution in [1.29, 1.82) is 0 Å². The van der Waals surface area contributed by atoms with Crippen LogP contribution in [0.4, 0.5) is 0 Å². The molecule has 2 N–H and O–H groups in total. The van der Waals surface area contributed by atoms with Crippen molar-refractivity contribution in [2.24, 2.45) is 0 Å². The first-order valence-corrected chi connectivity index (χ1v) is 6.55. The van der Waals surface area contributed by atoms with Crippen LogP contribution in [0.2, 0.25) is 0 Å². The summed E-state index contributed by atoms with van der Waals surface area (Å²) in [5, 5.41) is 18.7. The second-order valence-corrected chi connectivity index (χ2v) is 4.78. The largest absolute Gasteiger partial charge is 0.492 e. The van der Waals surface area contributed by atoms with Crippen LogP contribution in [-0.4, -0.2) is 23.2 Å². The van der Waals surface area contributed by atoms with Gasteiger partial charge in [0.1, 0.15) is 11.5 Å². The molecule has 1 atom stereocenters. The van der Waals surface area contributed by atoms with Gasteiger partial charge < -0.3 is 19.5 Å². The normalized spacial score (nSPS) is 16.6. The first kappa shape index (κ1) is 13.7. The molecule has 0 aliphatic carbocycles. The van der Waals surface area contributed by atoms with Gasteiger partial charge in [0.2, 0.25) is 0 Å². The van der Waals surface area contributed by atoms with Crippen LogP contribution < -0.4 is 10.2 Å². The Balaban J connectivity index is 1.85. The lowest BCUT2D eigenvalue weighted by Gasteiger charge is -2.10. The molecule has 0 spiro atoms. The Morgan fingerprint density at radius 3 is 2.67 bits per heavy atom. The van der Waals surface area contributed by atoms with Crippen LogP contribution in [0.15, 0.2) is 48.5 Å². The first-order chi connectivity index (χ1) is 10.1. The van der Waals surface area contributed by atoms with Gasteiger partial charge in [-0.25, -0.2) is 0 Å². The second kappa shape index (κ2) is 5.59. The first-order valence-electron chi connectivity index (χ1n) is 6.55. The third-order valence-corrected chi connectivity index (χ3v) is 3.30. The average molecular weight is 284 g/mol. The molecule has 3 rings (SSSR count). The molecular weight excluding hydrogens is 271 g/mol. The lowest BCUT2D eigenvalue weighted by Crippen LogP contribution is -2.28. The molecule has 0 amide bonds. The molecule has 6 heteroatoms. The van der Waals surface area contributed by atoms with E-state index in [1.165, 1.54) is 0 Å². The number of hydrogen-bond donors (Lipinski definition) is 2. The molecule has 0 fully saturated rings. The number of ether oxygens (including phenoxy) is 1. The van der Waals surface area contributed by atoms with Gasteiger partial charge in [-0.3, -0.25) is 4.79 Å². The zero-order valence-electron chi connectivity index (χ0n) is 11.1. The zero-order valence-corrected chi connectivity index (χ0v) is 11.1. The lowest BCUT2D eigenvalue weighted by atomic mass is 9.79. The molecule has 2 aromatic carbocycles. The third kappa shape index (κ3) is 2.91. The van der Waals surface area contributed by atoms with Gasteiger partial charge in [0.05, 0.1) is 12.5 Å². The Morgan fingerprint density at radius 1 is 1.19 bits per heavy atom. The topological polar surface area (TPSA) is 76.0 Å². The fraction of sp³-hybridized carbons (Fsp3) is 0.133. The molecule has 0 saturated carbocycles. The van der Waals surface area contributed by atoms with E-state index in [4.69, 9.17) is 14.5 Å². The van der Waals surface area contributed by atoms with Crippen molar-refractivity contribution in [2.45, 2.75) is 12.5 Å². The summed E-state index contributed by atoms with van der Waals surface area (Å²) in [6, 6.07) is 14.4. The van der Waals surface area contributed by atoms with Crippen molar-refractivity contribution < 1.29 is 24.3 Å². The highest BCUT2D eigenvalue weighted by molar-refractivity contribution is 6.61. The van der Waals surface area contributed by atoms with E-state index in [1.54, 1.807) is 18.2 Å². The van der Waals surface area contributed by atoms with Crippen LogP contribution in [0.1, 0.15) is 18.1 Å². The van der Waals surface area contributed by atoms with Gasteiger partial charge in [0.25, 0.3) is 0 Å². The SMILES string of the molecule is O=C(O)CC1OB(O)c2cc(Oc3ccccc3)ccc21. The summed E-state index contributed by atoms with van der Waals surface area (Å²) in [6.07, 6.45) is -0.804. The minimum Gasteiger partial charge on any atom is -0.481 e. The van der Waals surface area contributed by atoms with Crippen LogP contribution >= 0.6 is 0 Å². The van der Waals surface area contributed by atoms with Crippen molar-refractivity contribution in [3.05, 3.63) is 54.1 Å². The van der Waals surface area contributed by atoms with E-state index in [0.717, 1.165) is 0 Å². The Labute approximate surface area is 121 Å². The lowest BCUT2D eigenvalue weighted by molar-refractivity contribution is -0.138. The fourth-order valence-electron chi connectivity index (χ4n) is 2.37. The van der Waals surface area contributed by atoms with E-state index in [1.807, 2.05) is 30.3 Å². The number of rotatable bonds is 4. The maximum absolute atomic E-state index is 10.8. The molecule has 0 bridgehead atoms. The molecular formula is C15H13BO5. The molecule has 106 valence electrons. The number of carbonyl (C=O) groups is 1. The summed E-state index contributed by atoms with van der Waals surface area (Å²) < 4.78 is 11.0. The summed E-state index contributed by atoms with van der Waals surface area (Å²) in [5.74, 6) is 0.288. The van der Waals surface area contributed by atoms with Crippen LogP contribution in [0.25, 0.3) is 0 Å². The number of para-hydroxylation sites is 1. The maximum Gasteiger partial charge on any atom is 0.492 e. The molecule has 0 radical (unpaired) electrons. The van der Waals surface area contributed by atoms with Crippen LogP contribution in [0.5, 0.6) is 11.5 Å². The van der Waals surface area contributed by atoms with Crippen molar-refractivity contribution in [3.63, 3.8) is 0 Å². The van der Waals surface area contributed by atoms with Gasteiger partial charge in [0, 0.05) is 0 Å². The van der Waals surface area contributed by atoms with Crippen molar-refractivity contribution in [1.82, 2.24) is 0 Å². The summed E-state index contributed by atoms with van der Waals surface area (Å²) in [6.45, 7) is 0. The van der Waals surface area contributed by atoms with Crippen molar-refractivity contribution in [2.75, 3.05) is 0 Å². The Morgan fingerprint density at radius 2 is 1.95 bits per heavy atom. The number of carboxylic acid groups (broad SMARTS) is 1. The molecule has 2 aromatic rings. The highest BCUT2D eigenvalue weighted by Gasteiger charge is 2.36. The highest BCUT2D eigenvalue weighted by Crippen LogP contribution is 2.30. The predicted octanol–water partition coefficient (Wildman–Crippen LogP) is 1.71. The van der Waals surface area contributed by atoms with E-state index in [-0.39, 0.29) is 6.42 Å². The van der Waals surface area contributed by atoms with Gasteiger partial charge in [-0.2, -0.15) is 0 Å². The van der Waals surface area contributed by atoms with E-state index >= 15 is 0 Å². The Kier molecular flexibility index (Phi) is 3.64. The Hall–Kier alpha value is -2.31. The minimum atomic E-state index is -1.12. The molecule has 21 heavy (non-hydrogen) atoms. The standard InChI is InChI=1S/C15H13BO5/c17-15(18)9-14-12-7-6-11(8-13(12)16(19)21-14)20-10-4-2-1-3-5-10/h1-8,14,19H,9H2,(H,17,18). The van der Waals surface area contributed by atoms with Gasteiger partial charge >= 0.3 is 13.1 Å². The van der Waals surface area contributed by atoms with Gasteiger partial charge in [-0.1, -0.05) is 24.3 Å².